The molecule has 37 heavy (non-hydrogen) atoms. The zero-order valence-electron chi connectivity index (χ0n) is 21.6. The second-order valence-electron chi connectivity index (χ2n) is 10.2. The predicted molar refractivity (Wildman–Crippen MR) is 150 cm³/mol. The summed E-state index contributed by atoms with van der Waals surface area (Å²) in [6.45, 7) is 9.48. The number of carboxylic acids is 1. The van der Waals surface area contributed by atoms with Crippen LogP contribution in [0.2, 0.25) is 5.02 Å². The quantitative estimate of drug-likeness (QED) is 0.250. The van der Waals surface area contributed by atoms with E-state index in [0.29, 0.717) is 10.6 Å². The molecule has 190 valence electrons. The smallest absolute Gasteiger partial charge is 0.337 e. The Morgan fingerprint density at radius 3 is 2.35 bits per heavy atom. The summed E-state index contributed by atoms with van der Waals surface area (Å²) in [5.41, 5.74) is 6.20. The first-order chi connectivity index (χ1) is 17.4. The van der Waals surface area contributed by atoms with Crippen molar-refractivity contribution >= 4 is 50.2 Å². The summed E-state index contributed by atoms with van der Waals surface area (Å²) < 4.78 is 9.07. The summed E-state index contributed by atoms with van der Waals surface area (Å²) in [6, 6.07) is 15.6. The van der Waals surface area contributed by atoms with Crippen LogP contribution in [0, 0.1) is 13.8 Å². The van der Waals surface area contributed by atoms with Crippen LogP contribution in [0.3, 0.4) is 0 Å². The number of halogens is 1. The zero-order valence-corrected chi connectivity index (χ0v) is 23.2. The van der Waals surface area contributed by atoms with Crippen LogP contribution < -0.4 is 0 Å². The second kappa shape index (κ2) is 9.24. The number of hydrogen-bond donors (Lipinski definition) is 1. The van der Waals surface area contributed by atoms with E-state index < -0.39 is 17.7 Å². The van der Waals surface area contributed by atoms with Crippen LogP contribution in [0.25, 0.3) is 42.9 Å². The molecular weight excluding hydrogens is 506 g/mol. The minimum atomic E-state index is -1.14. The average molecular weight is 534 g/mol. The monoisotopic (exact) mass is 533 g/mol. The molecule has 0 aliphatic heterocycles. The number of hydrogen-bond acceptors (Lipinski definition) is 5. The topological polar surface area (TPSA) is 77.2 Å². The van der Waals surface area contributed by atoms with Crippen LogP contribution in [0.15, 0.2) is 48.5 Å². The molecule has 0 bridgehead atoms. The summed E-state index contributed by atoms with van der Waals surface area (Å²) in [7, 11) is 2.00. The number of nitrogens with zero attached hydrogens (tertiary/aromatic N) is 3. The fourth-order valence-corrected chi connectivity index (χ4v) is 5.86. The Bertz CT molecular complexity index is 1660. The van der Waals surface area contributed by atoms with Crippen molar-refractivity contribution in [3.05, 3.63) is 70.5 Å². The Kier molecular flexibility index (Phi) is 6.34. The van der Waals surface area contributed by atoms with Crippen molar-refractivity contribution in [1.82, 2.24) is 14.5 Å². The standard InChI is InChI=1S/C29H28ClN3O3S/c1-15-13-21-26(37-27(32-21)18-9-12-22-20(14-18)31-16(2)33(22)6)24(17-7-10-19(30)11-8-17)23(15)25(28(34)35)36-29(3,4)5/h7-14,25H,1-6H3,(H,34,35)/t25-/m0/s1. The van der Waals surface area contributed by atoms with Crippen molar-refractivity contribution < 1.29 is 14.6 Å². The number of carboxylic acid groups (broad SMARTS) is 1. The van der Waals surface area contributed by atoms with E-state index in [2.05, 4.69) is 27.8 Å². The summed E-state index contributed by atoms with van der Waals surface area (Å²) in [6.07, 6.45) is -1.14. The third-order valence-electron chi connectivity index (χ3n) is 6.37. The van der Waals surface area contributed by atoms with Gasteiger partial charge in [-0.15, -0.1) is 11.3 Å². The summed E-state index contributed by atoms with van der Waals surface area (Å²) >= 11 is 7.74. The molecule has 0 saturated heterocycles. The summed E-state index contributed by atoms with van der Waals surface area (Å²) in [5.74, 6) is -0.0893. The number of aryl methyl sites for hydroxylation is 3. The molecule has 0 fully saturated rings. The molecule has 0 aliphatic carbocycles. The highest BCUT2D eigenvalue weighted by atomic mass is 35.5. The summed E-state index contributed by atoms with van der Waals surface area (Å²) in [5, 5.41) is 11.7. The van der Waals surface area contributed by atoms with Gasteiger partial charge >= 0.3 is 5.97 Å². The van der Waals surface area contributed by atoms with Crippen molar-refractivity contribution in [1.29, 1.82) is 0 Å². The molecule has 6 nitrogen and oxygen atoms in total. The van der Waals surface area contributed by atoms with Crippen LogP contribution in [0.5, 0.6) is 0 Å². The van der Waals surface area contributed by atoms with Crippen molar-refractivity contribution in [2.75, 3.05) is 0 Å². The Labute approximate surface area is 224 Å². The van der Waals surface area contributed by atoms with Gasteiger partial charge in [-0.05, 0) is 82.1 Å². The first-order valence-corrected chi connectivity index (χ1v) is 13.2. The lowest BCUT2D eigenvalue weighted by molar-refractivity contribution is -0.160. The lowest BCUT2D eigenvalue weighted by Gasteiger charge is -2.28. The van der Waals surface area contributed by atoms with E-state index in [1.807, 2.05) is 72.0 Å². The van der Waals surface area contributed by atoms with Gasteiger partial charge in [0.25, 0.3) is 0 Å². The molecule has 3 aromatic carbocycles. The molecular formula is C29H28ClN3O3S. The zero-order chi connectivity index (χ0) is 26.6. The van der Waals surface area contributed by atoms with E-state index in [1.165, 1.54) is 11.3 Å². The van der Waals surface area contributed by atoms with E-state index in [0.717, 1.165) is 54.3 Å². The number of aromatic nitrogens is 3. The fourth-order valence-electron chi connectivity index (χ4n) is 4.62. The van der Waals surface area contributed by atoms with E-state index in [4.69, 9.17) is 21.3 Å². The number of ether oxygens (including phenoxy) is 1. The Hall–Kier alpha value is -3.26. The van der Waals surface area contributed by atoms with Crippen LogP contribution in [-0.2, 0) is 16.6 Å². The van der Waals surface area contributed by atoms with Gasteiger partial charge in [0.15, 0.2) is 6.10 Å². The van der Waals surface area contributed by atoms with E-state index >= 15 is 0 Å². The van der Waals surface area contributed by atoms with Crippen LogP contribution in [-0.4, -0.2) is 31.2 Å². The van der Waals surface area contributed by atoms with Gasteiger partial charge in [0.1, 0.15) is 10.8 Å². The Balaban J connectivity index is 1.78. The average Bonchev–Trinajstić information content (AvgIpc) is 3.36. The first-order valence-electron chi connectivity index (χ1n) is 12.0. The predicted octanol–water partition coefficient (Wildman–Crippen LogP) is 7.73. The Morgan fingerprint density at radius 2 is 1.70 bits per heavy atom. The maximum Gasteiger partial charge on any atom is 0.337 e. The normalized spacial score (nSPS) is 12.9. The van der Waals surface area contributed by atoms with Gasteiger partial charge in [-0.3, -0.25) is 0 Å². The maximum absolute atomic E-state index is 12.5. The molecule has 0 unspecified atom stereocenters. The molecule has 2 aromatic heterocycles. The highest BCUT2D eigenvalue weighted by Crippen LogP contribution is 2.44. The van der Waals surface area contributed by atoms with E-state index in [1.54, 1.807) is 0 Å². The van der Waals surface area contributed by atoms with Gasteiger partial charge in [-0.25, -0.2) is 14.8 Å². The number of benzene rings is 3. The number of aliphatic carboxylic acids is 1. The Morgan fingerprint density at radius 1 is 1.03 bits per heavy atom. The molecule has 8 heteroatoms. The summed E-state index contributed by atoms with van der Waals surface area (Å²) in [4.78, 5) is 22.2. The molecule has 0 radical (unpaired) electrons. The number of imidazole rings is 1. The number of rotatable bonds is 5. The highest BCUT2D eigenvalue weighted by molar-refractivity contribution is 7.22. The van der Waals surface area contributed by atoms with E-state index in [9.17, 15) is 9.90 Å². The minimum absolute atomic E-state index is 0.610. The molecule has 2 heterocycles. The number of fused-ring (bicyclic) bond motifs is 2. The molecule has 1 atom stereocenters. The van der Waals surface area contributed by atoms with Gasteiger partial charge in [-0.2, -0.15) is 0 Å². The lowest BCUT2D eigenvalue weighted by Crippen LogP contribution is -2.28. The molecule has 1 N–H and O–H groups in total. The third-order valence-corrected chi connectivity index (χ3v) is 7.76. The van der Waals surface area contributed by atoms with Crippen LogP contribution >= 0.6 is 22.9 Å². The van der Waals surface area contributed by atoms with Gasteiger partial charge in [0, 0.05) is 28.8 Å². The molecule has 5 rings (SSSR count). The van der Waals surface area contributed by atoms with Gasteiger partial charge in [0.2, 0.25) is 0 Å². The SMILES string of the molecule is Cc1cc2nc(-c3ccc4c(c3)nc(C)n4C)sc2c(-c2ccc(Cl)cc2)c1[C@H](OC(C)(C)C)C(=O)O. The lowest BCUT2D eigenvalue weighted by atomic mass is 9.91. The molecule has 0 aliphatic rings. The minimum Gasteiger partial charge on any atom is -0.479 e. The van der Waals surface area contributed by atoms with Crippen LogP contribution in [0.4, 0.5) is 0 Å². The fraction of sp³-hybridized carbons (Fsp3) is 0.276. The maximum atomic E-state index is 12.5. The van der Waals surface area contributed by atoms with Crippen molar-refractivity contribution in [2.24, 2.45) is 7.05 Å². The molecule has 0 amide bonds. The van der Waals surface area contributed by atoms with Gasteiger partial charge in [-0.1, -0.05) is 23.7 Å². The van der Waals surface area contributed by atoms with Crippen molar-refractivity contribution in [3.63, 3.8) is 0 Å². The third kappa shape index (κ3) is 4.75. The first kappa shape index (κ1) is 25.4. The second-order valence-corrected chi connectivity index (χ2v) is 11.7. The largest absolute Gasteiger partial charge is 0.479 e. The highest BCUT2D eigenvalue weighted by Gasteiger charge is 2.32. The van der Waals surface area contributed by atoms with Crippen molar-refractivity contribution in [2.45, 2.75) is 46.3 Å². The van der Waals surface area contributed by atoms with Crippen molar-refractivity contribution in [3.8, 4) is 21.7 Å². The number of carbonyl (C=O) groups is 1. The molecule has 0 spiro atoms. The molecule has 5 aromatic rings. The van der Waals surface area contributed by atoms with Gasteiger partial charge < -0.3 is 14.4 Å². The van der Waals surface area contributed by atoms with Gasteiger partial charge in [0.05, 0.1) is 26.9 Å². The van der Waals surface area contributed by atoms with E-state index in [-0.39, 0.29) is 0 Å². The number of thiazole rings is 1. The van der Waals surface area contributed by atoms with Crippen LogP contribution in [0.1, 0.15) is 43.8 Å². The molecule has 0 saturated carbocycles.